The van der Waals surface area contributed by atoms with Crippen LogP contribution in [0.4, 0.5) is 8.78 Å². The zero-order valence-electron chi connectivity index (χ0n) is 14.0. The number of nitrogens with one attached hydrogen (secondary N) is 1. The standard InChI is InChI=1S/C17H16F2N4O3/c1-21-4-3-12(20)13-5-9(11(7-22-13)17(24)25)10-6-14(16(18)19)23-8-15(10)26-2/h3-8,16,20-21H,1-2H3,(H,24,25)/p+1/b4-3-,20-12?. The van der Waals surface area contributed by atoms with Gasteiger partial charge in [-0.2, -0.15) is 0 Å². The van der Waals surface area contributed by atoms with Gasteiger partial charge in [0.1, 0.15) is 11.4 Å². The summed E-state index contributed by atoms with van der Waals surface area (Å²) in [6.07, 6.45) is 2.50. The summed E-state index contributed by atoms with van der Waals surface area (Å²) in [7, 11) is 3.11. The van der Waals surface area contributed by atoms with Crippen molar-refractivity contribution >= 4 is 11.7 Å². The maximum Gasteiger partial charge on any atom is 0.337 e. The predicted molar refractivity (Wildman–Crippen MR) is 89.8 cm³/mol. The van der Waals surface area contributed by atoms with E-state index < -0.39 is 18.1 Å². The number of aromatic carboxylic acids is 1. The van der Waals surface area contributed by atoms with Crippen molar-refractivity contribution in [2.24, 2.45) is 0 Å². The summed E-state index contributed by atoms with van der Waals surface area (Å²) in [6, 6.07) is 2.44. The number of allylic oxidation sites excluding steroid dienone is 1. The van der Waals surface area contributed by atoms with Crippen LogP contribution in [0.5, 0.6) is 5.75 Å². The fourth-order valence-corrected chi connectivity index (χ4v) is 2.23. The number of pyridine rings is 2. The smallest absolute Gasteiger partial charge is 0.337 e. The molecule has 9 heteroatoms. The molecule has 2 rings (SSSR count). The summed E-state index contributed by atoms with van der Waals surface area (Å²) < 4.78 is 31.2. The van der Waals surface area contributed by atoms with E-state index in [1.165, 1.54) is 19.3 Å². The zero-order valence-corrected chi connectivity index (χ0v) is 14.0. The maximum absolute atomic E-state index is 13.0. The molecule has 136 valence electrons. The SMILES string of the molecule is C[NH2+]/C=C\C(=N)c1cc(-c2cc(C(F)F)ncc2OC)c(C(=O)O)cn1. The molecule has 2 aromatic rings. The number of aromatic nitrogens is 2. The number of ether oxygens (including phenoxy) is 1. The monoisotopic (exact) mass is 363 g/mol. The molecule has 0 aliphatic heterocycles. The lowest BCUT2D eigenvalue weighted by molar-refractivity contribution is -0.556. The minimum atomic E-state index is -2.82. The molecule has 0 bridgehead atoms. The summed E-state index contributed by atoms with van der Waals surface area (Å²) in [5.74, 6) is -1.14. The van der Waals surface area contributed by atoms with Gasteiger partial charge in [0, 0.05) is 23.4 Å². The summed E-state index contributed by atoms with van der Waals surface area (Å²) in [5, 5.41) is 19.1. The Morgan fingerprint density at radius 3 is 2.62 bits per heavy atom. The summed E-state index contributed by atoms with van der Waals surface area (Å²) in [4.78, 5) is 19.1. The predicted octanol–water partition coefficient (Wildman–Crippen LogP) is 1.86. The molecule has 0 atom stereocenters. The Kier molecular flexibility index (Phi) is 6.07. The first-order chi connectivity index (χ1) is 12.4. The first-order valence-electron chi connectivity index (χ1n) is 7.49. The molecular weight excluding hydrogens is 346 g/mol. The number of carboxylic acids is 1. The number of hydrogen-bond donors (Lipinski definition) is 3. The van der Waals surface area contributed by atoms with E-state index >= 15 is 0 Å². The highest BCUT2D eigenvalue weighted by atomic mass is 19.3. The number of rotatable bonds is 7. The van der Waals surface area contributed by atoms with Gasteiger partial charge in [0.05, 0.1) is 43.5 Å². The highest BCUT2D eigenvalue weighted by Crippen LogP contribution is 2.34. The minimum Gasteiger partial charge on any atom is -0.494 e. The molecular formula is C17H17F2N4O3+. The van der Waals surface area contributed by atoms with Crippen molar-refractivity contribution in [3.63, 3.8) is 0 Å². The molecule has 0 unspecified atom stereocenters. The quantitative estimate of drug-likeness (QED) is 0.650. The van der Waals surface area contributed by atoms with Crippen LogP contribution in [-0.4, -0.2) is 40.9 Å². The number of alkyl halides is 2. The Morgan fingerprint density at radius 1 is 1.31 bits per heavy atom. The molecule has 0 radical (unpaired) electrons. The summed E-state index contributed by atoms with van der Waals surface area (Å²) >= 11 is 0. The number of hydrogen-bond acceptors (Lipinski definition) is 5. The second-order valence-electron chi connectivity index (χ2n) is 5.14. The van der Waals surface area contributed by atoms with Gasteiger partial charge in [0.2, 0.25) is 0 Å². The summed E-state index contributed by atoms with van der Waals surface area (Å²) in [6.45, 7) is 0. The van der Waals surface area contributed by atoms with Crippen LogP contribution in [0, 0.1) is 5.41 Å². The topological polar surface area (TPSA) is 113 Å². The maximum atomic E-state index is 13.0. The van der Waals surface area contributed by atoms with Crippen LogP contribution in [0.2, 0.25) is 0 Å². The largest absolute Gasteiger partial charge is 0.494 e. The van der Waals surface area contributed by atoms with Gasteiger partial charge in [0.15, 0.2) is 0 Å². The second kappa shape index (κ2) is 8.26. The number of nitrogens with zero attached hydrogens (tertiary/aromatic N) is 2. The van der Waals surface area contributed by atoms with Crippen LogP contribution < -0.4 is 10.1 Å². The highest BCUT2D eigenvalue weighted by molar-refractivity contribution is 6.07. The van der Waals surface area contributed by atoms with Gasteiger partial charge in [-0.05, 0) is 12.1 Å². The third-order valence-electron chi connectivity index (χ3n) is 3.49. The number of halogens is 2. The van der Waals surface area contributed by atoms with Crippen molar-refractivity contribution in [1.29, 1.82) is 5.41 Å². The van der Waals surface area contributed by atoms with Crippen molar-refractivity contribution in [1.82, 2.24) is 9.97 Å². The fraction of sp³-hybridized carbons (Fsp3) is 0.176. The van der Waals surface area contributed by atoms with Gasteiger partial charge in [-0.25, -0.2) is 13.6 Å². The molecule has 2 heterocycles. The average Bonchev–Trinajstić information content (AvgIpc) is 2.64. The number of methoxy groups -OCH3 is 1. The highest BCUT2D eigenvalue weighted by Gasteiger charge is 2.20. The second-order valence-corrected chi connectivity index (χ2v) is 5.14. The van der Waals surface area contributed by atoms with Gasteiger partial charge in [0.25, 0.3) is 6.43 Å². The minimum absolute atomic E-state index is 0.0448. The van der Waals surface area contributed by atoms with Gasteiger partial charge in [-0.1, -0.05) is 0 Å². The molecule has 2 aromatic heterocycles. The van der Waals surface area contributed by atoms with Crippen molar-refractivity contribution in [2.75, 3.05) is 14.2 Å². The average molecular weight is 363 g/mol. The lowest BCUT2D eigenvalue weighted by Crippen LogP contribution is -2.72. The number of carbonyl (C=O) groups is 1. The Hall–Kier alpha value is -3.20. The number of quaternary nitrogens is 1. The van der Waals surface area contributed by atoms with Crippen LogP contribution in [0.25, 0.3) is 11.1 Å². The van der Waals surface area contributed by atoms with E-state index in [1.807, 2.05) is 0 Å². The van der Waals surface area contributed by atoms with E-state index in [9.17, 15) is 18.7 Å². The van der Waals surface area contributed by atoms with Crippen LogP contribution >= 0.6 is 0 Å². The molecule has 0 saturated carbocycles. The Labute approximate surface area is 147 Å². The molecule has 0 amide bonds. The van der Waals surface area contributed by atoms with E-state index in [4.69, 9.17) is 10.1 Å². The van der Waals surface area contributed by atoms with Gasteiger partial charge in [-0.15, -0.1) is 0 Å². The van der Waals surface area contributed by atoms with E-state index in [-0.39, 0.29) is 33.8 Å². The van der Waals surface area contributed by atoms with Gasteiger partial charge in [-0.3, -0.25) is 15.4 Å². The van der Waals surface area contributed by atoms with Gasteiger partial charge >= 0.3 is 5.97 Å². The van der Waals surface area contributed by atoms with Crippen LogP contribution in [0.1, 0.15) is 28.2 Å². The first kappa shape index (κ1) is 19.1. The van der Waals surface area contributed by atoms with Gasteiger partial charge < -0.3 is 15.2 Å². The molecule has 7 nitrogen and oxygen atoms in total. The molecule has 26 heavy (non-hydrogen) atoms. The van der Waals surface area contributed by atoms with E-state index in [1.54, 1.807) is 18.6 Å². The van der Waals surface area contributed by atoms with Crippen molar-refractivity contribution in [2.45, 2.75) is 6.43 Å². The normalized spacial score (nSPS) is 11.1. The molecule has 0 saturated heterocycles. The Bertz CT molecular complexity index is 869. The molecule has 0 aliphatic carbocycles. The van der Waals surface area contributed by atoms with Crippen LogP contribution in [0.15, 0.2) is 36.8 Å². The van der Waals surface area contributed by atoms with E-state index in [0.29, 0.717) is 0 Å². The molecule has 0 aromatic carbocycles. The molecule has 0 aliphatic rings. The zero-order chi connectivity index (χ0) is 19.3. The third-order valence-corrected chi connectivity index (χ3v) is 3.49. The molecule has 0 fully saturated rings. The Morgan fingerprint density at radius 2 is 2.04 bits per heavy atom. The molecule has 4 N–H and O–H groups in total. The third kappa shape index (κ3) is 4.06. The van der Waals surface area contributed by atoms with Crippen molar-refractivity contribution in [3.05, 3.63) is 53.8 Å². The fourth-order valence-electron chi connectivity index (χ4n) is 2.23. The van der Waals surface area contributed by atoms with E-state index in [2.05, 4.69) is 9.97 Å². The molecule has 0 spiro atoms. The summed E-state index contributed by atoms with van der Waals surface area (Å²) in [5.41, 5.74) is -0.215. The lowest BCUT2D eigenvalue weighted by atomic mass is 9.99. The first-order valence-corrected chi connectivity index (χ1v) is 7.49. The van der Waals surface area contributed by atoms with E-state index in [0.717, 1.165) is 18.5 Å². The Balaban J connectivity index is 2.70. The van der Waals surface area contributed by atoms with Crippen molar-refractivity contribution in [3.8, 4) is 16.9 Å². The number of carboxylic acid groups (broad SMARTS) is 1. The van der Waals surface area contributed by atoms with Crippen LogP contribution in [0.3, 0.4) is 0 Å². The lowest BCUT2D eigenvalue weighted by Gasteiger charge is -2.13. The van der Waals surface area contributed by atoms with Crippen molar-refractivity contribution < 1.29 is 28.7 Å². The van der Waals surface area contributed by atoms with Crippen LogP contribution in [-0.2, 0) is 0 Å². The number of nitrogens with two attached hydrogens (primary N) is 1.